The second-order valence-corrected chi connectivity index (χ2v) is 9.76. The van der Waals surface area contributed by atoms with Gasteiger partial charge in [0.25, 0.3) is 0 Å². The second kappa shape index (κ2) is 7.52. The number of sulfonamides is 1. The molecule has 1 saturated heterocycles. The van der Waals surface area contributed by atoms with Gasteiger partial charge in [-0.3, -0.25) is 4.90 Å². The zero-order valence-corrected chi connectivity index (χ0v) is 16.4. The minimum absolute atomic E-state index is 0.0281. The molecule has 1 aromatic rings. The number of rotatable bonds is 5. The Morgan fingerprint density at radius 2 is 1.54 bits per heavy atom. The number of hydrogen-bond donors (Lipinski definition) is 0. The van der Waals surface area contributed by atoms with Gasteiger partial charge in [0.1, 0.15) is 0 Å². The van der Waals surface area contributed by atoms with Crippen molar-refractivity contribution in [2.75, 3.05) is 53.4 Å². The lowest BCUT2D eigenvalue weighted by Gasteiger charge is -2.34. The molecule has 0 aromatic heterocycles. The Hall–Kier alpha value is -0.950. The SMILES string of the molecule is CN(C)CCN1CCN(S(=O)(=O)c2ccc(C(C)(C)C)cc2)CC1. The highest BCUT2D eigenvalue weighted by atomic mass is 32.2. The average Bonchev–Trinajstić information content (AvgIpc) is 2.52. The van der Waals surface area contributed by atoms with Crippen LogP contribution in [0.15, 0.2) is 29.2 Å². The third-order valence-corrected chi connectivity index (χ3v) is 6.47. The molecule has 2 rings (SSSR count). The van der Waals surface area contributed by atoms with Crippen molar-refractivity contribution in [2.24, 2.45) is 0 Å². The number of benzene rings is 1. The van der Waals surface area contributed by atoms with Crippen LogP contribution in [0.3, 0.4) is 0 Å². The smallest absolute Gasteiger partial charge is 0.243 e. The van der Waals surface area contributed by atoms with E-state index < -0.39 is 10.0 Å². The average molecular weight is 354 g/mol. The normalized spacial score (nSPS) is 18.2. The standard InChI is InChI=1S/C18H31N3O2S/c1-18(2,3)16-6-8-17(9-7-16)24(22,23)21-14-12-20(13-15-21)11-10-19(4)5/h6-9H,10-15H2,1-5H3. The van der Waals surface area contributed by atoms with Crippen LogP contribution in [0, 0.1) is 0 Å². The molecule has 0 saturated carbocycles. The first-order chi connectivity index (χ1) is 11.1. The lowest BCUT2D eigenvalue weighted by molar-refractivity contribution is 0.174. The van der Waals surface area contributed by atoms with Crippen LogP contribution in [0.1, 0.15) is 26.3 Å². The molecular formula is C18H31N3O2S. The molecule has 6 heteroatoms. The summed E-state index contributed by atoms with van der Waals surface area (Å²) in [7, 11) is 0.732. The van der Waals surface area contributed by atoms with Gasteiger partial charge < -0.3 is 4.90 Å². The zero-order valence-electron chi connectivity index (χ0n) is 15.6. The highest BCUT2D eigenvalue weighted by Crippen LogP contribution is 2.25. The number of nitrogens with zero attached hydrogens (tertiary/aromatic N) is 3. The van der Waals surface area contributed by atoms with Crippen LogP contribution < -0.4 is 0 Å². The minimum atomic E-state index is -3.38. The summed E-state index contributed by atoms with van der Waals surface area (Å²) in [5.41, 5.74) is 1.18. The van der Waals surface area contributed by atoms with E-state index in [2.05, 4.69) is 44.7 Å². The van der Waals surface area contributed by atoms with Crippen molar-refractivity contribution >= 4 is 10.0 Å². The van der Waals surface area contributed by atoms with Gasteiger partial charge in [0.2, 0.25) is 10.0 Å². The van der Waals surface area contributed by atoms with Crippen LogP contribution in [0.2, 0.25) is 0 Å². The molecule has 1 heterocycles. The molecule has 0 N–H and O–H groups in total. The maximum Gasteiger partial charge on any atom is 0.243 e. The van der Waals surface area contributed by atoms with Gasteiger partial charge in [0, 0.05) is 39.3 Å². The van der Waals surface area contributed by atoms with Crippen LogP contribution in [-0.4, -0.2) is 75.9 Å². The van der Waals surface area contributed by atoms with E-state index in [0.29, 0.717) is 18.0 Å². The predicted molar refractivity (Wildman–Crippen MR) is 98.9 cm³/mol. The maximum atomic E-state index is 12.8. The van der Waals surface area contributed by atoms with E-state index in [1.165, 1.54) is 0 Å². The van der Waals surface area contributed by atoms with Crippen LogP contribution in [0.4, 0.5) is 0 Å². The van der Waals surface area contributed by atoms with Crippen molar-refractivity contribution < 1.29 is 8.42 Å². The molecule has 1 aliphatic rings. The van der Waals surface area contributed by atoms with Crippen molar-refractivity contribution in [3.8, 4) is 0 Å². The molecule has 24 heavy (non-hydrogen) atoms. The van der Waals surface area contributed by atoms with E-state index in [9.17, 15) is 8.42 Å². The first kappa shape index (κ1) is 19.4. The first-order valence-corrected chi connectivity index (χ1v) is 10.0. The summed E-state index contributed by atoms with van der Waals surface area (Å²) in [6.45, 7) is 11.1. The maximum absolute atomic E-state index is 12.8. The van der Waals surface area contributed by atoms with E-state index in [1.807, 2.05) is 12.1 Å². The van der Waals surface area contributed by atoms with E-state index in [1.54, 1.807) is 16.4 Å². The molecule has 0 bridgehead atoms. The predicted octanol–water partition coefficient (Wildman–Crippen LogP) is 1.85. The fraction of sp³-hybridized carbons (Fsp3) is 0.667. The van der Waals surface area contributed by atoms with Crippen molar-refractivity contribution in [3.05, 3.63) is 29.8 Å². The fourth-order valence-electron chi connectivity index (χ4n) is 2.81. The third-order valence-electron chi connectivity index (χ3n) is 4.55. The van der Waals surface area contributed by atoms with Crippen molar-refractivity contribution in [1.29, 1.82) is 0 Å². The summed E-state index contributed by atoms with van der Waals surface area (Å²) in [6, 6.07) is 7.35. The molecule has 5 nitrogen and oxygen atoms in total. The zero-order chi connectivity index (χ0) is 18.0. The highest BCUT2D eigenvalue weighted by molar-refractivity contribution is 7.89. The molecule has 0 atom stereocenters. The van der Waals surface area contributed by atoms with E-state index in [0.717, 1.165) is 31.7 Å². The summed E-state index contributed by atoms with van der Waals surface area (Å²) in [5, 5.41) is 0. The molecule has 0 unspecified atom stereocenters. The van der Waals surface area contributed by atoms with E-state index in [4.69, 9.17) is 0 Å². The Morgan fingerprint density at radius 3 is 2.00 bits per heavy atom. The monoisotopic (exact) mass is 353 g/mol. The Labute approximate surface area is 147 Å². The first-order valence-electron chi connectivity index (χ1n) is 8.58. The molecule has 1 fully saturated rings. The second-order valence-electron chi connectivity index (χ2n) is 7.82. The van der Waals surface area contributed by atoms with Gasteiger partial charge in [-0.25, -0.2) is 8.42 Å². The van der Waals surface area contributed by atoms with Crippen LogP contribution in [0.25, 0.3) is 0 Å². The van der Waals surface area contributed by atoms with Gasteiger partial charge in [-0.2, -0.15) is 4.31 Å². The molecule has 136 valence electrons. The Bertz CT molecular complexity index is 625. The quantitative estimate of drug-likeness (QED) is 0.810. The van der Waals surface area contributed by atoms with Gasteiger partial charge in [-0.15, -0.1) is 0 Å². The van der Waals surface area contributed by atoms with Crippen LogP contribution in [-0.2, 0) is 15.4 Å². The Morgan fingerprint density at radius 1 is 1.00 bits per heavy atom. The lowest BCUT2D eigenvalue weighted by atomic mass is 9.87. The van der Waals surface area contributed by atoms with Crippen molar-refractivity contribution in [1.82, 2.24) is 14.1 Å². The molecule has 1 aromatic carbocycles. The van der Waals surface area contributed by atoms with Gasteiger partial charge >= 0.3 is 0 Å². The summed E-state index contributed by atoms with van der Waals surface area (Å²) in [6.07, 6.45) is 0. The van der Waals surface area contributed by atoms with E-state index >= 15 is 0 Å². The van der Waals surface area contributed by atoms with Gasteiger partial charge in [-0.1, -0.05) is 32.9 Å². The Balaban J connectivity index is 2.01. The van der Waals surface area contributed by atoms with Gasteiger partial charge in [-0.05, 0) is 37.2 Å². The van der Waals surface area contributed by atoms with Crippen LogP contribution >= 0.6 is 0 Å². The highest BCUT2D eigenvalue weighted by Gasteiger charge is 2.28. The molecule has 0 amide bonds. The largest absolute Gasteiger partial charge is 0.308 e. The molecule has 0 aliphatic carbocycles. The summed E-state index contributed by atoms with van der Waals surface area (Å²) in [5.74, 6) is 0. The lowest BCUT2D eigenvalue weighted by Crippen LogP contribution is -2.49. The summed E-state index contributed by atoms with van der Waals surface area (Å²) < 4.78 is 27.3. The molecule has 1 aliphatic heterocycles. The summed E-state index contributed by atoms with van der Waals surface area (Å²) >= 11 is 0. The fourth-order valence-corrected chi connectivity index (χ4v) is 4.23. The van der Waals surface area contributed by atoms with Crippen LogP contribution in [0.5, 0.6) is 0 Å². The summed E-state index contributed by atoms with van der Waals surface area (Å²) in [4.78, 5) is 4.88. The topological polar surface area (TPSA) is 43.9 Å². The van der Waals surface area contributed by atoms with E-state index in [-0.39, 0.29) is 5.41 Å². The molecule has 0 radical (unpaired) electrons. The molecular weight excluding hydrogens is 322 g/mol. The number of piperazine rings is 1. The van der Waals surface area contributed by atoms with Crippen molar-refractivity contribution in [2.45, 2.75) is 31.1 Å². The number of hydrogen-bond acceptors (Lipinski definition) is 4. The third kappa shape index (κ3) is 4.79. The van der Waals surface area contributed by atoms with Gasteiger partial charge in [0.05, 0.1) is 4.90 Å². The molecule has 0 spiro atoms. The minimum Gasteiger partial charge on any atom is -0.308 e. The number of likely N-dealkylation sites (N-methyl/N-ethyl adjacent to an activating group) is 1. The van der Waals surface area contributed by atoms with Crippen molar-refractivity contribution in [3.63, 3.8) is 0 Å². The van der Waals surface area contributed by atoms with Gasteiger partial charge in [0.15, 0.2) is 0 Å². The Kier molecular flexibility index (Phi) is 6.07.